The van der Waals surface area contributed by atoms with Crippen LogP contribution in [0.5, 0.6) is 0 Å². The first-order valence-corrected chi connectivity index (χ1v) is 4.68. The maximum atomic E-state index is 9.54. The average molecular weight is 173 g/mol. The topological polar surface area (TPSA) is 43.7 Å². The maximum absolute atomic E-state index is 9.54. The summed E-state index contributed by atoms with van der Waals surface area (Å²) >= 11 is 0. The van der Waals surface area contributed by atoms with E-state index in [9.17, 15) is 5.11 Å². The van der Waals surface area contributed by atoms with Gasteiger partial charge in [-0.15, -0.1) is 0 Å². The summed E-state index contributed by atoms with van der Waals surface area (Å²) in [4.78, 5) is 2.12. The van der Waals surface area contributed by atoms with Crippen LogP contribution in [0.25, 0.3) is 0 Å². The molecule has 3 heteroatoms. The zero-order valence-electron chi connectivity index (χ0n) is 7.90. The summed E-state index contributed by atoms with van der Waals surface area (Å²) in [7, 11) is 0. The van der Waals surface area contributed by atoms with Crippen molar-refractivity contribution in [3.05, 3.63) is 0 Å². The highest BCUT2D eigenvalue weighted by atomic mass is 16.3. The second-order valence-corrected chi connectivity index (χ2v) is 3.94. The summed E-state index contributed by atoms with van der Waals surface area (Å²) < 4.78 is 0. The van der Waals surface area contributed by atoms with Crippen molar-refractivity contribution in [2.75, 3.05) is 19.6 Å². The highest BCUT2D eigenvalue weighted by molar-refractivity contribution is 4.77. The van der Waals surface area contributed by atoms with Crippen LogP contribution in [0.15, 0.2) is 0 Å². The first-order valence-electron chi connectivity index (χ1n) is 4.68. The number of β-amino-alcohol motifs (C(OH)–C–C–N with tert-alkyl or cyclic N) is 2. The van der Waals surface area contributed by atoms with Gasteiger partial charge in [0, 0.05) is 13.1 Å². The third-order valence-corrected chi connectivity index (χ3v) is 2.53. The molecule has 1 saturated heterocycles. The van der Waals surface area contributed by atoms with E-state index in [0.29, 0.717) is 19.0 Å². The fourth-order valence-corrected chi connectivity index (χ4v) is 1.65. The number of nitrogens with zero attached hydrogens (tertiary/aromatic N) is 1. The van der Waals surface area contributed by atoms with Gasteiger partial charge in [-0.2, -0.15) is 0 Å². The minimum absolute atomic E-state index is 0.211. The molecule has 0 aromatic rings. The van der Waals surface area contributed by atoms with Crippen LogP contribution in [-0.2, 0) is 0 Å². The lowest BCUT2D eigenvalue weighted by Gasteiger charge is -2.34. The predicted octanol–water partition coefficient (Wildman–Crippen LogP) is 0.0699. The Hall–Kier alpha value is -0.120. The molecule has 1 aliphatic heterocycles. The molecule has 1 heterocycles. The Morgan fingerprint density at radius 3 is 2.75 bits per heavy atom. The molecular formula is C9H19NO2. The van der Waals surface area contributed by atoms with Gasteiger partial charge >= 0.3 is 0 Å². The molecule has 0 amide bonds. The Balaban J connectivity index is 2.30. The average Bonchev–Trinajstić information content (AvgIpc) is 1.96. The van der Waals surface area contributed by atoms with Gasteiger partial charge in [-0.1, -0.05) is 6.92 Å². The van der Waals surface area contributed by atoms with Gasteiger partial charge in [0.05, 0.1) is 12.2 Å². The second kappa shape index (κ2) is 4.21. The van der Waals surface area contributed by atoms with Crippen molar-refractivity contribution in [2.24, 2.45) is 5.92 Å². The van der Waals surface area contributed by atoms with E-state index in [-0.39, 0.29) is 12.2 Å². The third kappa shape index (κ3) is 2.73. The number of aliphatic hydroxyl groups is 2. The van der Waals surface area contributed by atoms with Gasteiger partial charge in [-0.3, -0.25) is 4.90 Å². The molecule has 0 spiro atoms. The van der Waals surface area contributed by atoms with Crippen molar-refractivity contribution in [3.63, 3.8) is 0 Å². The molecule has 1 aliphatic rings. The van der Waals surface area contributed by atoms with Crippen LogP contribution in [0.3, 0.4) is 0 Å². The van der Waals surface area contributed by atoms with Crippen molar-refractivity contribution in [2.45, 2.75) is 32.5 Å². The normalized spacial score (nSPS) is 35.0. The highest BCUT2D eigenvalue weighted by Gasteiger charge is 2.24. The van der Waals surface area contributed by atoms with Crippen molar-refractivity contribution in [1.29, 1.82) is 0 Å². The number of aliphatic hydroxyl groups excluding tert-OH is 2. The van der Waals surface area contributed by atoms with E-state index in [1.165, 1.54) is 0 Å². The summed E-state index contributed by atoms with van der Waals surface area (Å²) in [5.41, 5.74) is 0. The van der Waals surface area contributed by atoms with Gasteiger partial charge in [0.25, 0.3) is 0 Å². The van der Waals surface area contributed by atoms with Crippen molar-refractivity contribution in [1.82, 2.24) is 4.90 Å². The molecule has 0 radical (unpaired) electrons. The zero-order valence-corrected chi connectivity index (χ0v) is 7.90. The first kappa shape index (κ1) is 9.96. The minimum atomic E-state index is -0.286. The molecule has 0 aromatic heterocycles. The van der Waals surface area contributed by atoms with Crippen LogP contribution in [-0.4, -0.2) is 47.0 Å². The molecule has 0 aromatic carbocycles. The summed E-state index contributed by atoms with van der Waals surface area (Å²) in [5.74, 6) is 0.412. The molecule has 0 bridgehead atoms. The van der Waals surface area contributed by atoms with Crippen LogP contribution < -0.4 is 0 Å². The van der Waals surface area contributed by atoms with Gasteiger partial charge in [-0.25, -0.2) is 0 Å². The first-order chi connectivity index (χ1) is 5.59. The smallest absolute Gasteiger partial charge is 0.0693 e. The van der Waals surface area contributed by atoms with Gasteiger partial charge < -0.3 is 10.2 Å². The molecule has 0 saturated carbocycles. The van der Waals surface area contributed by atoms with Gasteiger partial charge in [-0.05, 0) is 25.8 Å². The summed E-state index contributed by atoms with van der Waals surface area (Å²) in [6, 6.07) is 0. The van der Waals surface area contributed by atoms with E-state index in [2.05, 4.69) is 11.8 Å². The fraction of sp³-hybridized carbons (Fsp3) is 1.00. The van der Waals surface area contributed by atoms with E-state index in [1.54, 1.807) is 6.92 Å². The number of hydrogen-bond acceptors (Lipinski definition) is 3. The highest BCUT2D eigenvalue weighted by Crippen LogP contribution is 2.16. The fourth-order valence-electron chi connectivity index (χ4n) is 1.65. The lowest BCUT2D eigenvalue weighted by atomic mass is 9.96. The second-order valence-electron chi connectivity index (χ2n) is 3.94. The Bertz CT molecular complexity index is 138. The minimum Gasteiger partial charge on any atom is -0.392 e. The third-order valence-electron chi connectivity index (χ3n) is 2.53. The van der Waals surface area contributed by atoms with Gasteiger partial charge in [0.2, 0.25) is 0 Å². The van der Waals surface area contributed by atoms with Gasteiger partial charge in [0.15, 0.2) is 0 Å². The molecule has 2 N–H and O–H groups in total. The molecule has 3 atom stereocenters. The molecule has 3 nitrogen and oxygen atoms in total. The predicted molar refractivity (Wildman–Crippen MR) is 47.9 cm³/mol. The largest absolute Gasteiger partial charge is 0.392 e. The monoisotopic (exact) mass is 173 g/mol. The van der Waals surface area contributed by atoms with E-state index in [0.717, 1.165) is 13.0 Å². The standard InChI is InChI=1S/C9H19NO2/c1-7-3-4-10(5-8(2)11)6-9(7)12/h7-9,11-12H,3-6H2,1-2H3/t7?,8-,9?/m1/s1. The number of hydrogen-bond donors (Lipinski definition) is 2. The quantitative estimate of drug-likeness (QED) is 0.621. The van der Waals surface area contributed by atoms with Crippen molar-refractivity contribution >= 4 is 0 Å². The van der Waals surface area contributed by atoms with E-state index in [4.69, 9.17) is 5.11 Å². The van der Waals surface area contributed by atoms with Crippen molar-refractivity contribution in [3.8, 4) is 0 Å². The lowest BCUT2D eigenvalue weighted by Crippen LogP contribution is -2.45. The molecule has 1 rings (SSSR count). The molecule has 0 aliphatic carbocycles. The van der Waals surface area contributed by atoms with E-state index in [1.807, 2.05) is 0 Å². The SMILES string of the molecule is CC1CCN(C[C@@H](C)O)CC1O. The van der Waals surface area contributed by atoms with Crippen LogP contribution in [0, 0.1) is 5.92 Å². The number of piperidine rings is 1. The Labute approximate surface area is 74.0 Å². The van der Waals surface area contributed by atoms with E-state index < -0.39 is 0 Å². The summed E-state index contributed by atoms with van der Waals surface area (Å²) in [6.45, 7) is 6.26. The molecule has 1 fully saturated rings. The van der Waals surface area contributed by atoms with Crippen LogP contribution in [0.2, 0.25) is 0 Å². The van der Waals surface area contributed by atoms with Gasteiger partial charge in [0.1, 0.15) is 0 Å². The lowest BCUT2D eigenvalue weighted by molar-refractivity contribution is 0.0119. The summed E-state index contributed by atoms with van der Waals surface area (Å²) in [6.07, 6.45) is 0.538. The number of rotatable bonds is 2. The summed E-state index contributed by atoms with van der Waals surface area (Å²) in [5, 5.41) is 18.7. The molecule has 2 unspecified atom stereocenters. The zero-order chi connectivity index (χ0) is 9.14. The molecule has 12 heavy (non-hydrogen) atoms. The maximum Gasteiger partial charge on any atom is 0.0693 e. The molecule has 72 valence electrons. The molecular weight excluding hydrogens is 154 g/mol. The van der Waals surface area contributed by atoms with Crippen LogP contribution >= 0.6 is 0 Å². The Kier molecular flexibility index (Phi) is 3.50. The van der Waals surface area contributed by atoms with Crippen molar-refractivity contribution < 1.29 is 10.2 Å². The number of likely N-dealkylation sites (tertiary alicyclic amines) is 1. The van der Waals surface area contributed by atoms with Crippen LogP contribution in [0.4, 0.5) is 0 Å². The van der Waals surface area contributed by atoms with E-state index >= 15 is 0 Å². The Morgan fingerprint density at radius 2 is 2.25 bits per heavy atom. The van der Waals surface area contributed by atoms with Crippen LogP contribution in [0.1, 0.15) is 20.3 Å². The Morgan fingerprint density at radius 1 is 1.58 bits per heavy atom.